The Kier molecular flexibility index (Phi) is 4.83. The first-order valence-electron chi connectivity index (χ1n) is 6.11. The lowest BCUT2D eigenvalue weighted by Gasteiger charge is -2.08. The van der Waals surface area contributed by atoms with Crippen molar-refractivity contribution in [1.29, 1.82) is 0 Å². The first kappa shape index (κ1) is 16.2. The van der Waals surface area contributed by atoms with Crippen LogP contribution in [0, 0.1) is 0 Å². The van der Waals surface area contributed by atoms with Crippen molar-refractivity contribution in [2.45, 2.75) is 11.4 Å². The van der Waals surface area contributed by atoms with Crippen LogP contribution in [-0.4, -0.2) is 20.0 Å². The first-order chi connectivity index (χ1) is 9.83. The van der Waals surface area contributed by atoms with E-state index in [4.69, 9.17) is 23.2 Å². The quantitative estimate of drug-likeness (QED) is 0.873. The van der Waals surface area contributed by atoms with E-state index in [0.29, 0.717) is 17.3 Å². The average Bonchev–Trinajstić information content (AvgIpc) is 2.76. The molecule has 1 heterocycles. The molecule has 0 atom stereocenters. The summed E-state index contributed by atoms with van der Waals surface area (Å²) < 4.78 is 29.0. The molecule has 0 aliphatic rings. The number of hydrogen-bond donors (Lipinski definition) is 2. The van der Waals surface area contributed by atoms with Gasteiger partial charge in [-0.25, -0.2) is 8.42 Å². The molecule has 2 N–H and O–H groups in total. The van der Waals surface area contributed by atoms with Crippen LogP contribution in [0.4, 0.5) is 5.69 Å². The maximum atomic E-state index is 12.4. The normalized spacial score (nSPS) is 11.6. The van der Waals surface area contributed by atoms with E-state index in [1.165, 1.54) is 12.1 Å². The summed E-state index contributed by atoms with van der Waals surface area (Å²) >= 11 is 11.8. The molecule has 5 nitrogen and oxygen atoms in total. The van der Waals surface area contributed by atoms with E-state index in [1.54, 1.807) is 37.0 Å². The van der Waals surface area contributed by atoms with E-state index in [9.17, 15) is 8.42 Å². The molecule has 8 heteroatoms. The molecule has 0 spiro atoms. The van der Waals surface area contributed by atoms with Gasteiger partial charge in [-0.1, -0.05) is 23.2 Å². The topological polar surface area (TPSA) is 63.1 Å². The number of nitrogens with zero attached hydrogens (tertiary/aromatic N) is 1. The molecule has 1 aromatic carbocycles. The molecule has 0 aliphatic heterocycles. The van der Waals surface area contributed by atoms with Crippen molar-refractivity contribution in [2.24, 2.45) is 7.05 Å². The highest BCUT2D eigenvalue weighted by Crippen LogP contribution is 2.27. The highest BCUT2D eigenvalue weighted by atomic mass is 35.5. The van der Waals surface area contributed by atoms with Gasteiger partial charge in [0.2, 0.25) is 0 Å². The molecule has 0 aliphatic carbocycles. The Balaban J connectivity index is 2.32. The Morgan fingerprint density at radius 2 is 1.95 bits per heavy atom. The minimum absolute atomic E-state index is 0.182. The van der Waals surface area contributed by atoms with Gasteiger partial charge in [0.25, 0.3) is 10.0 Å². The van der Waals surface area contributed by atoms with Crippen LogP contribution in [0.5, 0.6) is 0 Å². The molecule has 0 amide bonds. The molecule has 114 valence electrons. The summed E-state index contributed by atoms with van der Waals surface area (Å²) in [6, 6.07) is 6.20. The monoisotopic (exact) mass is 347 g/mol. The van der Waals surface area contributed by atoms with Crippen LogP contribution >= 0.6 is 23.2 Å². The van der Waals surface area contributed by atoms with Gasteiger partial charge in [-0.05, 0) is 31.3 Å². The maximum Gasteiger partial charge on any atom is 0.263 e. The van der Waals surface area contributed by atoms with Crippen molar-refractivity contribution in [3.63, 3.8) is 0 Å². The van der Waals surface area contributed by atoms with E-state index in [-0.39, 0.29) is 9.92 Å². The Morgan fingerprint density at radius 1 is 1.24 bits per heavy atom. The van der Waals surface area contributed by atoms with Crippen LogP contribution in [0.1, 0.15) is 5.69 Å². The van der Waals surface area contributed by atoms with Crippen molar-refractivity contribution in [3.8, 4) is 0 Å². The fraction of sp³-hybridized carbons (Fsp3) is 0.231. The smallest absolute Gasteiger partial charge is 0.263 e. The van der Waals surface area contributed by atoms with Crippen molar-refractivity contribution >= 4 is 38.9 Å². The third kappa shape index (κ3) is 3.71. The van der Waals surface area contributed by atoms with E-state index in [1.807, 2.05) is 0 Å². The lowest BCUT2D eigenvalue weighted by Crippen LogP contribution is -2.12. The molecule has 2 aromatic rings. The van der Waals surface area contributed by atoms with Crippen LogP contribution in [0.2, 0.25) is 10.0 Å². The highest BCUT2D eigenvalue weighted by Gasteiger charge is 2.18. The van der Waals surface area contributed by atoms with Crippen LogP contribution in [-0.2, 0) is 23.6 Å². The van der Waals surface area contributed by atoms with Crippen molar-refractivity contribution < 1.29 is 8.42 Å². The van der Waals surface area contributed by atoms with E-state index < -0.39 is 10.0 Å². The molecular formula is C13H15Cl2N3O2S. The summed E-state index contributed by atoms with van der Waals surface area (Å²) in [6.07, 6.45) is 1.55. The lowest BCUT2D eigenvalue weighted by molar-refractivity contribution is 0.601. The molecule has 2 rings (SSSR count). The summed E-state index contributed by atoms with van der Waals surface area (Å²) in [5, 5.41) is 3.67. The van der Waals surface area contributed by atoms with E-state index in [2.05, 4.69) is 10.0 Å². The number of rotatable bonds is 5. The Hall–Kier alpha value is -1.21. The Bertz CT molecular complexity index is 757. The number of aromatic nitrogens is 1. The Labute approximate surface area is 133 Å². The van der Waals surface area contributed by atoms with Crippen molar-refractivity contribution in [2.75, 3.05) is 11.8 Å². The zero-order chi connectivity index (χ0) is 15.6. The van der Waals surface area contributed by atoms with Crippen molar-refractivity contribution in [3.05, 3.63) is 46.2 Å². The molecule has 0 saturated carbocycles. The molecule has 0 saturated heterocycles. The number of aryl methyl sites for hydroxylation is 1. The predicted octanol–water partition coefficient (Wildman–Crippen LogP) is 2.85. The number of anilines is 1. The van der Waals surface area contributed by atoms with Crippen molar-refractivity contribution in [1.82, 2.24) is 9.88 Å². The number of benzene rings is 1. The van der Waals surface area contributed by atoms with Crippen LogP contribution in [0.25, 0.3) is 0 Å². The van der Waals surface area contributed by atoms with E-state index >= 15 is 0 Å². The average molecular weight is 348 g/mol. The summed E-state index contributed by atoms with van der Waals surface area (Å²) in [5.41, 5.74) is 1.15. The molecule has 0 radical (unpaired) electrons. The van der Waals surface area contributed by atoms with Gasteiger partial charge < -0.3 is 9.88 Å². The van der Waals surface area contributed by atoms with Gasteiger partial charge >= 0.3 is 0 Å². The first-order valence-corrected chi connectivity index (χ1v) is 8.35. The van der Waals surface area contributed by atoms with Gasteiger partial charge in [0.05, 0.1) is 10.7 Å². The zero-order valence-electron chi connectivity index (χ0n) is 11.5. The zero-order valence-corrected chi connectivity index (χ0v) is 13.9. The number of nitrogens with one attached hydrogen (secondary N) is 2. The fourth-order valence-corrected chi connectivity index (χ4v) is 3.54. The van der Waals surface area contributed by atoms with E-state index in [0.717, 1.165) is 5.69 Å². The van der Waals surface area contributed by atoms with Gasteiger partial charge in [0.15, 0.2) is 0 Å². The van der Waals surface area contributed by atoms with Gasteiger partial charge in [-0.15, -0.1) is 0 Å². The predicted molar refractivity (Wildman–Crippen MR) is 85.4 cm³/mol. The number of halogens is 2. The molecule has 0 unspecified atom stereocenters. The summed E-state index contributed by atoms with van der Waals surface area (Å²) in [6.45, 7) is 0.577. The second-order valence-corrected chi connectivity index (χ2v) is 7.06. The standard InChI is InChI=1S/C13H15Cl2N3O2S/c1-16-7-10-6-11(8-18(10)2)21(19,20)17-13-4-3-9(14)5-12(13)15/h3-6,8,16-17H,7H2,1-2H3. The summed E-state index contributed by atoms with van der Waals surface area (Å²) in [4.78, 5) is 0.182. The molecule has 1 aromatic heterocycles. The van der Waals surface area contributed by atoms with Gasteiger partial charge in [-0.2, -0.15) is 0 Å². The van der Waals surface area contributed by atoms with Crippen LogP contribution in [0.3, 0.4) is 0 Å². The second kappa shape index (κ2) is 6.27. The highest BCUT2D eigenvalue weighted by molar-refractivity contribution is 7.92. The second-order valence-electron chi connectivity index (χ2n) is 4.54. The third-order valence-electron chi connectivity index (χ3n) is 2.93. The summed E-state index contributed by atoms with van der Waals surface area (Å²) in [7, 11) is -0.104. The largest absolute Gasteiger partial charge is 0.352 e. The number of sulfonamides is 1. The van der Waals surface area contributed by atoms with Crippen LogP contribution < -0.4 is 10.0 Å². The minimum Gasteiger partial charge on any atom is -0.352 e. The molecule has 21 heavy (non-hydrogen) atoms. The molecule has 0 fully saturated rings. The van der Waals surface area contributed by atoms with Gasteiger partial charge in [0.1, 0.15) is 4.90 Å². The summed E-state index contributed by atoms with van der Waals surface area (Å²) in [5.74, 6) is 0. The fourth-order valence-electron chi connectivity index (χ4n) is 1.86. The molecule has 0 bridgehead atoms. The SMILES string of the molecule is CNCc1cc(S(=O)(=O)Nc2ccc(Cl)cc2Cl)cn1C. The number of hydrogen-bond acceptors (Lipinski definition) is 3. The Morgan fingerprint density at radius 3 is 2.57 bits per heavy atom. The lowest BCUT2D eigenvalue weighted by atomic mass is 10.3. The third-order valence-corrected chi connectivity index (χ3v) is 4.81. The van der Waals surface area contributed by atoms with Gasteiger partial charge in [0, 0.05) is 30.5 Å². The van der Waals surface area contributed by atoms with Crippen LogP contribution in [0.15, 0.2) is 35.4 Å². The molecular weight excluding hydrogens is 333 g/mol. The van der Waals surface area contributed by atoms with Gasteiger partial charge in [-0.3, -0.25) is 4.72 Å². The minimum atomic E-state index is -3.69. The maximum absolute atomic E-state index is 12.4.